The van der Waals surface area contributed by atoms with Gasteiger partial charge in [0, 0.05) is 43.7 Å². The van der Waals surface area contributed by atoms with E-state index in [2.05, 4.69) is 41.2 Å². The number of hydrogen-bond donors (Lipinski definition) is 2. The van der Waals surface area contributed by atoms with Gasteiger partial charge in [0.05, 0.1) is 28.4 Å². The summed E-state index contributed by atoms with van der Waals surface area (Å²) in [6, 6.07) is 5.25. The van der Waals surface area contributed by atoms with Crippen molar-refractivity contribution < 1.29 is 9.13 Å². The van der Waals surface area contributed by atoms with Crippen molar-refractivity contribution in [3.05, 3.63) is 39.9 Å². The summed E-state index contributed by atoms with van der Waals surface area (Å²) in [6.45, 7) is 8.56. The topological polar surface area (TPSA) is 82.2 Å². The number of ether oxygens (including phenoxy) is 1. The minimum atomic E-state index is -0.327. The van der Waals surface area contributed by atoms with Crippen LogP contribution < -0.4 is 10.2 Å². The number of nitrogens with one attached hydrogen (secondary N) is 2. The number of halogens is 2. The first-order valence-electron chi connectivity index (χ1n) is 12.6. The van der Waals surface area contributed by atoms with Crippen LogP contribution in [0.15, 0.2) is 22.7 Å². The molecule has 0 amide bonds. The summed E-state index contributed by atoms with van der Waals surface area (Å²) in [5.41, 5.74) is 2.73. The number of aromatic nitrogens is 4. The lowest BCUT2D eigenvalue weighted by molar-refractivity contribution is 0.0264. The first-order chi connectivity index (χ1) is 17.0. The number of aryl methyl sites for hydroxylation is 1. The molecule has 0 unspecified atom stereocenters. The summed E-state index contributed by atoms with van der Waals surface area (Å²) in [4.78, 5) is 14.3. The minimum Gasteiger partial charge on any atom is -0.377 e. The Morgan fingerprint density at radius 2 is 1.94 bits per heavy atom. The second-order valence-corrected chi connectivity index (χ2v) is 10.3. The molecule has 8 nitrogen and oxygen atoms in total. The lowest BCUT2D eigenvalue weighted by atomic mass is 10.1. The summed E-state index contributed by atoms with van der Waals surface area (Å²) >= 11 is 3.30. The van der Waals surface area contributed by atoms with Crippen LogP contribution in [0.4, 0.5) is 16.2 Å². The Hall–Kier alpha value is -2.30. The number of fused-ring (bicyclic) bond motifs is 1. The van der Waals surface area contributed by atoms with Crippen LogP contribution in [-0.4, -0.2) is 77.0 Å². The maximum atomic E-state index is 14.3. The fourth-order valence-electron chi connectivity index (χ4n) is 4.88. The van der Waals surface area contributed by atoms with E-state index in [-0.39, 0.29) is 11.9 Å². The van der Waals surface area contributed by atoms with Gasteiger partial charge in [-0.05, 0) is 79.8 Å². The van der Waals surface area contributed by atoms with Gasteiger partial charge in [-0.25, -0.2) is 9.37 Å². The minimum absolute atomic E-state index is 0.285. The quantitative estimate of drug-likeness (QED) is 0.414. The van der Waals surface area contributed by atoms with Crippen molar-refractivity contribution in [1.29, 1.82) is 0 Å². The normalized spacial score (nSPS) is 17.5. The van der Waals surface area contributed by atoms with E-state index in [0.29, 0.717) is 33.7 Å². The monoisotopic (exact) mass is 545 g/mol. The Morgan fingerprint density at radius 1 is 1.14 bits per heavy atom. The molecule has 2 aliphatic rings. The largest absolute Gasteiger partial charge is 0.377 e. The third kappa shape index (κ3) is 6.10. The Morgan fingerprint density at radius 3 is 2.69 bits per heavy atom. The van der Waals surface area contributed by atoms with Crippen LogP contribution >= 0.6 is 15.9 Å². The van der Waals surface area contributed by atoms with Crippen molar-refractivity contribution in [3.63, 3.8) is 0 Å². The molecule has 0 spiro atoms. The van der Waals surface area contributed by atoms with Gasteiger partial charge in [0.15, 0.2) is 0 Å². The Kier molecular flexibility index (Phi) is 7.79. The van der Waals surface area contributed by atoms with Gasteiger partial charge in [-0.1, -0.05) is 0 Å². The highest BCUT2D eigenvalue weighted by Crippen LogP contribution is 2.29. The lowest BCUT2D eigenvalue weighted by Crippen LogP contribution is -2.39. The molecule has 0 bridgehead atoms. The summed E-state index contributed by atoms with van der Waals surface area (Å²) in [5, 5.41) is 11.3. The van der Waals surface area contributed by atoms with E-state index in [4.69, 9.17) is 14.7 Å². The SMILES string of the molecule is Cc1cc(CCNc2nc(N3CCC(OCCN4CCCC4)CC3)nc3cc(Br)c(F)cc23)n[nH]1. The van der Waals surface area contributed by atoms with E-state index < -0.39 is 0 Å². The average molecular weight is 546 g/mol. The number of hydrogen-bond acceptors (Lipinski definition) is 7. The summed E-state index contributed by atoms with van der Waals surface area (Å²) in [5.74, 6) is 0.990. The van der Waals surface area contributed by atoms with Crippen LogP contribution in [0.1, 0.15) is 37.1 Å². The first-order valence-corrected chi connectivity index (χ1v) is 13.3. The number of aromatic amines is 1. The molecule has 3 aromatic rings. The van der Waals surface area contributed by atoms with E-state index in [1.54, 1.807) is 6.07 Å². The third-order valence-electron chi connectivity index (χ3n) is 6.84. The molecule has 1 aromatic carbocycles. The van der Waals surface area contributed by atoms with E-state index in [1.165, 1.54) is 32.0 Å². The molecule has 0 saturated carbocycles. The second-order valence-electron chi connectivity index (χ2n) is 9.48. The third-order valence-corrected chi connectivity index (χ3v) is 7.45. The predicted octanol–water partition coefficient (Wildman–Crippen LogP) is 4.30. The Bertz CT molecular complexity index is 1140. The van der Waals surface area contributed by atoms with Crippen LogP contribution in [0.5, 0.6) is 0 Å². The molecule has 2 fully saturated rings. The molecule has 5 rings (SSSR count). The standard InChI is InChI=1S/C25H33BrFN7O/c1-17-14-18(32-31-17)4-7-28-24-20-15-22(27)21(26)16-23(20)29-25(30-24)34-10-5-19(6-11-34)35-13-12-33-8-2-3-9-33/h14-16,19H,2-13H2,1H3,(H,31,32)(H,28,29,30). The zero-order chi connectivity index (χ0) is 24.2. The summed E-state index contributed by atoms with van der Waals surface area (Å²) in [7, 11) is 0. The molecule has 10 heteroatoms. The predicted molar refractivity (Wildman–Crippen MR) is 140 cm³/mol. The maximum absolute atomic E-state index is 14.3. The van der Waals surface area contributed by atoms with Gasteiger partial charge in [0.2, 0.25) is 5.95 Å². The van der Waals surface area contributed by atoms with Crippen molar-refractivity contribution >= 4 is 38.6 Å². The van der Waals surface area contributed by atoms with Crippen molar-refractivity contribution in [2.24, 2.45) is 0 Å². The Balaban J connectivity index is 1.24. The van der Waals surface area contributed by atoms with Crippen LogP contribution in [0, 0.1) is 12.7 Å². The zero-order valence-electron chi connectivity index (χ0n) is 20.2. The number of benzene rings is 1. The van der Waals surface area contributed by atoms with Crippen LogP contribution in [0.2, 0.25) is 0 Å². The van der Waals surface area contributed by atoms with Crippen LogP contribution in [0.3, 0.4) is 0 Å². The lowest BCUT2D eigenvalue weighted by Gasteiger charge is -2.32. The molecule has 0 radical (unpaired) electrons. The van der Waals surface area contributed by atoms with Gasteiger partial charge < -0.3 is 19.9 Å². The molecule has 2 saturated heterocycles. The highest BCUT2D eigenvalue weighted by Gasteiger charge is 2.23. The molecule has 2 aliphatic heterocycles. The number of rotatable bonds is 9. The van der Waals surface area contributed by atoms with Crippen molar-refractivity contribution in [2.75, 3.05) is 56.1 Å². The Labute approximate surface area is 213 Å². The average Bonchev–Trinajstić information content (AvgIpc) is 3.52. The number of anilines is 2. The first kappa shape index (κ1) is 24.4. The highest BCUT2D eigenvalue weighted by molar-refractivity contribution is 9.10. The van der Waals surface area contributed by atoms with E-state index in [1.807, 2.05) is 13.0 Å². The highest BCUT2D eigenvalue weighted by atomic mass is 79.9. The second kappa shape index (κ2) is 11.2. The van der Waals surface area contributed by atoms with Crippen LogP contribution in [-0.2, 0) is 11.2 Å². The van der Waals surface area contributed by atoms with E-state index in [0.717, 1.165) is 56.9 Å². The van der Waals surface area contributed by atoms with Gasteiger partial charge in [-0.2, -0.15) is 10.1 Å². The van der Waals surface area contributed by atoms with Gasteiger partial charge >= 0.3 is 0 Å². The molecule has 2 aromatic heterocycles. The van der Waals surface area contributed by atoms with Gasteiger partial charge in [0.25, 0.3) is 0 Å². The molecule has 4 heterocycles. The molecule has 188 valence electrons. The fourth-order valence-corrected chi connectivity index (χ4v) is 5.21. The maximum Gasteiger partial charge on any atom is 0.227 e. The molecular formula is C25H33BrFN7O. The number of nitrogens with zero attached hydrogens (tertiary/aromatic N) is 5. The van der Waals surface area contributed by atoms with Crippen molar-refractivity contribution in [3.8, 4) is 0 Å². The van der Waals surface area contributed by atoms with Gasteiger partial charge in [-0.3, -0.25) is 5.10 Å². The number of piperidine rings is 1. The zero-order valence-corrected chi connectivity index (χ0v) is 21.8. The molecular weight excluding hydrogens is 513 g/mol. The molecule has 35 heavy (non-hydrogen) atoms. The van der Waals surface area contributed by atoms with E-state index >= 15 is 0 Å². The van der Waals surface area contributed by atoms with Gasteiger partial charge in [0.1, 0.15) is 11.6 Å². The molecule has 0 atom stereocenters. The van der Waals surface area contributed by atoms with Crippen molar-refractivity contribution in [2.45, 2.75) is 45.1 Å². The molecule has 0 aliphatic carbocycles. The fraction of sp³-hybridized carbons (Fsp3) is 0.560. The van der Waals surface area contributed by atoms with E-state index in [9.17, 15) is 4.39 Å². The number of likely N-dealkylation sites (tertiary alicyclic amines) is 1. The van der Waals surface area contributed by atoms with Crippen LogP contribution in [0.25, 0.3) is 10.9 Å². The number of H-pyrrole nitrogens is 1. The van der Waals surface area contributed by atoms with Crippen molar-refractivity contribution in [1.82, 2.24) is 25.1 Å². The smallest absolute Gasteiger partial charge is 0.227 e. The summed E-state index contributed by atoms with van der Waals surface area (Å²) < 4.78 is 20.9. The summed E-state index contributed by atoms with van der Waals surface area (Å²) in [6.07, 6.45) is 5.56. The molecule has 2 N–H and O–H groups in total. The van der Waals surface area contributed by atoms with Gasteiger partial charge in [-0.15, -0.1) is 0 Å².